The fourth-order valence-electron chi connectivity index (χ4n) is 2.47. The first-order valence-corrected chi connectivity index (χ1v) is 8.95. The van der Waals surface area contributed by atoms with Crippen LogP contribution in [0.1, 0.15) is 17.6 Å². The molecule has 21 heavy (non-hydrogen) atoms. The Morgan fingerprint density at radius 3 is 2.90 bits per heavy atom. The van der Waals surface area contributed by atoms with Gasteiger partial charge in [0.25, 0.3) is 10.0 Å². The third kappa shape index (κ3) is 2.76. The highest BCUT2D eigenvalue weighted by Gasteiger charge is 2.33. The van der Waals surface area contributed by atoms with E-state index in [0.717, 1.165) is 11.5 Å². The van der Waals surface area contributed by atoms with Crippen LogP contribution in [0.15, 0.2) is 27.9 Å². The second kappa shape index (κ2) is 5.53. The number of thiophene rings is 1. The second-order valence-electron chi connectivity index (χ2n) is 5.01. The lowest BCUT2D eigenvalue weighted by molar-refractivity contribution is -0.00888. The van der Waals surface area contributed by atoms with Crippen LogP contribution in [-0.2, 0) is 21.8 Å². The molecule has 6 nitrogen and oxygen atoms in total. The van der Waals surface area contributed by atoms with E-state index in [1.165, 1.54) is 15.6 Å². The monoisotopic (exact) mass is 327 g/mol. The zero-order chi connectivity index (χ0) is 15.0. The first kappa shape index (κ1) is 14.7. The molecule has 1 saturated heterocycles. The summed E-state index contributed by atoms with van der Waals surface area (Å²) in [6.07, 6.45) is 1.58. The highest BCUT2D eigenvalue weighted by Crippen LogP contribution is 2.27. The van der Waals surface area contributed by atoms with Gasteiger partial charge in [-0.1, -0.05) is 6.07 Å². The van der Waals surface area contributed by atoms with E-state index >= 15 is 0 Å². The van der Waals surface area contributed by atoms with E-state index in [9.17, 15) is 8.42 Å². The van der Waals surface area contributed by atoms with Crippen molar-refractivity contribution >= 4 is 21.4 Å². The summed E-state index contributed by atoms with van der Waals surface area (Å²) >= 11 is 1.24. The lowest BCUT2D eigenvalue weighted by atomic mass is 10.3. The van der Waals surface area contributed by atoms with E-state index in [1.54, 1.807) is 17.5 Å². The van der Waals surface area contributed by atoms with Crippen molar-refractivity contribution in [1.29, 1.82) is 0 Å². The number of morpholine rings is 1. The summed E-state index contributed by atoms with van der Waals surface area (Å²) in [5, 5.41) is 1.77. The van der Waals surface area contributed by atoms with Gasteiger partial charge in [0, 0.05) is 26.3 Å². The average Bonchev–Trinajstić information content (AvgIpc) is 3.09. The third-order valence-corrected chi connectivity index (χ3v) is 6.68. The van der Waals surface area contributed by atoms with Crippen molar-refractivity contribution in [1.82, 2.24) is 13.9 Å². The highest BCUT2D eigenvalue weighted by molar-refractivity contribution is 7.91. The van der Waals surface area contributed by atoms with Crippen LogP contribution in [0.2, 0.25) is 0 Å². The molecule has 1 fully saturated rings. The molecule has 114 valence electrons. The van der Waals surface area contributed by atoms with E-state index < -0.39 is 10.0 Å². The summed E-state index contributed by atoms with van der Waals surface area (Å²) in [6, 6.07) is 3.38. The van der Waals surface area contributed by atoms with Crippen molar-refractivity contribution in [3.8, 4) is 0 Å². The van der Waals surface area contributed by atoms with Crippen molar-refractivity contribution in [2.75, 3.05) is 19.7 Å². The summed E-state index contributed by atoms with van der Waals surface area (Å²) < 4.78 is 34.6. The minimum Gasteiger partial charge on any atom is -0.368 e. The molecule has 0 saturated carbocycles. The maximum absolute atomic E-state index is 12.6. The van der Waals surface area contributed by atoms with E-state index in [4.69, 9.17) is 4.74 Å². The Bertz CT molecular complexity index is 722. The summed E-state index contributed by atoms with van der Waals surface area (Å²) in [4.78, 5) is 4.43. The topological polar surface area (TPSA) is 64.4 Å². The molecule has 0 aromatic carbocycles. The largest absolute Gasteiger partial charge is 0.368 e. The van der Waals surface area contributed by atoms with Crippen molar-refractivity contribution in [3.05, 3.63) is 35.2 Å². The average molecular weight is 327 g/mol. The third-order valence-electron chi connectivity index (χ3n) is 3.44. The van der Waals surface area contributed by atoms with Gasteiger partial charge < -0.3 is 9.30 Å². The van der Waals surface area contributed by atoms with Gasteiger partial charge in [0.15, 0.2) is 0 Å². The molecule has 3 rings (SSSR count). The van der Waals surface area contributed by atoms with Gasteiger partial charge in [-0.25, -0.2) is 13.4 Å². The Morgan fingerprint density at radius 2 is 2.29 bits per heavy atom. The van der Waals surface area contributed by atoms with E-state index in [-0.39, 0.29) is 6.10 Å². The van der Waals surface area contributed by atoms with Crippen LogP contribution in [-0.4, -0.2) is 42.0 Å². The molecule has 2 aromatic heterocycles. The molecular formula is C13H17N3O3S2. The molecule has 0 radical (unpaired) electrons. The van der Waals surface area contributed by atoms with Gasteiger partial charge >= 0.3 is 0 Å². The van der Waals surface area contributed by atoms with Gasteiger partial charge in [0.1, 0.15) is 16.1 Å². The lowest BCUT2D eigenvalue weighted by Crippen LogP contribution is -2.42. The van der Waals surface area contributed by atoms with Crippen LogP contribution < -0.4 is 0 Å². The number of sulfonamides is 1. The van der Waals surface area contributed by atoms with Crippen LogP contribution in [0.4, 0.5) is 0 Å². The standard InChI is InChI=1S/C13H17N3O3S2/c1-10-8-15(2)13(14-10)11-9-16(5-6-19-11)21(17,18)12-4-3-7-20-12/h3-4,7-8,11H,5-6,9H2,1-2H3/t11-/m1/s1. The first-order valence-electron chi connectivity index (χ1n) is 6.63. The zero-order valence-corrected chi connectivity index (χ0v) is 13.5. The summed E-state index contributed by atoms with van der Waals surface area (Å²) in [5.74, 6) is 0.763. The van der Waals surface area contributed by atoms with Gasteiger partial charge in [0.05, 0.1) is 12.3 Å². The molecule has 3 heterocycles. The van der Waals surface area contributed by atoms with Gasteiger partial charge in [-0.05, 0) is 18.4 Å². The number of hydrogen-bond donors (Lipinski definition) is 0. The molecule has 0 bridgehead atoms. The summed E-state index contributed by atoms with van der Waals surface area (Å²) in [6.45, 7) is 2.96. The Kier molecular flexibility index (Phi) is 3.87. The van der Waals surface area contributed by atoms with E-state index in [1.807, 2.05) is 24.7 Å². The summed E-state index contributed by atoms with van der Waals surface area (Å²) in [5.41, 5.74) is 0.898. The molecular weight excluding hydrogens is 310 g/mol. The number of nitrogens with zero attached hydrogens (tertiary/aromatic N) is 3. The quantitative estimate of drug-likeness (QED) is 0.858. The van der Waals surface area contributed by atoms with E-state index in [2.05, 4.69) is 4.98 Å². The second-order valence-corrected chi connectivity index (χ2v) is 8.12. The number of aromatic nitrogens is 2. The molecule has 2 aromatic rings. The molecule has 1 atom stereocenters. The smallest absolute Gasteiger partial charge is 0.252 e. The molecule has 0 amide bonds. The number of imidazole rings is 1. The van der Waals surface area contributed by atoms with Crippen molar-refractivity contribution < 1.29 is 13.2 Å². The van der Waals surface area contributed by atoms with Crippen molar-refractivity contribution in [2.24, 2.45) is 7.05 Å². The lowest BCUT2D eigenvalue weighted by Gasteiger charge is -2.31. The van der Waals surface area contributed by atoms with Crippen LogP contribution in [0.25, 0.3) is 0 Å². The molecule has 1 aliphatic rings. The Morgan fingerprint density at radius 1 is 1.48 bits per heavy atom. The van der Waals surface area contributed by atoms with Gasteiger partial charge in [-0.3, -0.25) is 0 Å². The fraction of sp³-hybridized carbons (Fsp3) is 0.462. The highest BCUT2D eigenvalue weighted by atomic mass is 32.2. The van der Waals surface area contributed by atoms with Gasteiger partial charge in [-0.2, -0.15) is 4.31 Å². The Hall–Kier alpha value is -1.22. The number of aryl methyl sites for hydroxylation is 2. The van der Waals surface area contributed by atoms with E-state index in [0.29, 0.717) is 23.9 Å². The van der Waals surface area contributed by atoms with Crippen LogP contribution in [0, 0.1) is 6.92 Å². The maximum Gasteiger partial charge on any atom is 0.252 e. The minimum atomic E-state index is -3.43. The van der Waals surface area contributed by atoms with Crippen LogP contribution >= 0.6 is 11.3 Å². The van der Waals surface area contributed by atoms with Crippen LogP contribution in [0.3, 0.4) is 0 Å². The predicted molar refractivity (Wildman–Crippen MR) is 79.7 cm³/mol. The van der Waals surface area contributed by atoms with Crippen LogP contribution in [0.5, 0.6) is 0 Å². The van der Waals surface area contributed by atoms with Crippen molar-refractivity contribution in [3.63, 3.8) is 0 Å². The molecule has 0 aliphatic carbocycles. The molecule has 0 N–H and O–H groups in total. The predicted octanol–water partition coefficient (Wildman–Crippen LogP) is 1.55. The zero-order valence-electron chi connectivity index (χ0n) is 11.9. The first-order chi connectivity index (χ1) is 9.98. The van der Waals surface area contributed by atoms with Gasteiger partial charge in [0.2, 0.25) is 0 Å². The van der Waals surface area contributed by atoms with Gasteiger partial charge in [-0.15, -0.1) is 11.3 Å². The minimum absolute atomic E-state index is 0.296. The number of hydrogen-bond acceptors (Lipinski definition) is 5. The molecule has 1 aliphatic heterocycles. The maximum atomic E-state index is 12.6. The SMILES string of the molecule is Cc1cn(C)c([C@H]2CN(S(=O)(=O)c3cccs3)CCO2)n1. The fourth-order valence-corrected chi connectivity index (χ4v) is 5.04. The Balaban J connectivity index is 1.85. The number of rotatable bonds is 3. The molecule has 8 heteroatoms. The molecule has 0 spiro atoms. The number of ether oxygens (including phenoxy) is 1. The normalized spacial score (nSPS) is 20.8. The summed E-state index contributed by atoms with van der Waals surface area (Å²) in [7, 11) is -1.54. The molecule has 0 unspecified atom stereocenters. The Labute approximate surface area is 128 Å². The van der Waals surface area contributed by atoms with Crippen molar-refractivity contribution in [2.45, 2.75) is 17.2 Å².